The van der Waals surface area contributed by atoms with E-state index in [1.165, 1.54) is 6.42 Å². The number of guanidine groups is 1. The fourth-order valence-corrected chi connectivity index (χ4v) is 2.07. The molecule has 5 heteroatoms. The van der Waals surface area contributed by atoms with E-state index in [-0.39, 0.29) is 11.8 Å². The highest BCUT2D eigenvalue weighted by Gasteiger charge is 2.33. The molecule has 0 radical (unpaired) electrons. The van der Waals surface area contributed by atoms with Crippen LogP contribution in [0.3, 0.4) is 0 Å². The molecule has 120 valence electrons. The molecule has 1 amide bonds. The van der Waals surface area contributed by atoms with Gasteiger partial charge in [-0.25, -0.2) is 0 Å². The van der Waals surface area contributed by atoms with Crippen molar-refractivity contribution in [3.05, 3.63) is 29.8 Å². The lowest BCUT2D eigenvalue weighted by molar-refractivity contribution is -0.118. The Hall–Kier alpha value is -2.04. The molecule has 0 aliphatic heterocycles. The van der Waals surface area contributed by atoms with Gasteiger partial charge in [0.2, 0.25) is 5.91 Å². The first-order valence-electron chi connectivity index (χ1n) is 7.86. The van der Waals surface area contributed by atoms with Crippen LogP contribution in [0.5, 0.6) is 0 Å². The van der Waals surface area contributed by atoms with Crippen molar-refractivity contribution in [2.24, 2.45) is 16.8 Å². The van der Waals surface area contributed by atoms with E-state index in [1.54, 1.807) is 7.05 Å². The predicted octanol–water partition coefficient (Wildman–Crippen LogP) is 2.35. The third-order valence-corrected chi connectivity index (χ3v) is 3.86. The summed E-state index contributed by atoms with van der Waals surface area (Å²) in [6.07, 6.45) is 1.21. The van der Waals surface area contributed by atoms with Crippen molar-refractivity contribution >= 4 is 17.6 Å². The third kappa shape index (κ3) is 4.76. The van der Waals surface area contributed by atoms with Gasteiger partial charge in [-0.1, -0.05) is 32.9 Å². The van der Waals surface area contributed by atoms with Gasteiger partial charge in [-0.3, -0.25) is 9.79 Å². The highest BCUT2D eigenvalue weighted by atomic mass is 16.1. The van der Waals surface area contributed by atoms with Crippen LogP contribution in [0.25, 0.3) is 0 Å². The number of amides is 1. The second-order valence-electron chi connectivity index (χ2n) is 6.23. The molecular weight excluding hydrogens is 276 g/mol. The second-order valence-corrected chi connectivity index (χ2v) is 6.23. The van der Waals surface area contributed by atoms with Gasteiger partial charge in [0.25, 0.3) is 0 Å². The molecule has 2 rings (SSSR count). The van der Waals surface area contributed by atoms with Gasteiger partial charge in [0.15, 0.2) is 5.96 Å². The quantitative estimate of drug-likeness (QED) is 0.578. The molecule has 1 aliphatic carbocycles. The summed E-state index contributed by atoms with van der Waals surface area (Å²) in [4.78, 5) is 15.9. The number of carbonyl (C=O) groups is 1. The normalized spacial score (nSPS) is 20.7. The fraction of sp³-hybridized carbons (Fsp3) is 0.529. The van der Waals surface area contributed by atoms with Crippen LogP contribution in [0.2, 0.25) is 0 Å². The van der Waals surface area contributed by atoms with Crippen LogP contribution < -0.4 is 16.0 Å². The SMILES string of the molecule is CN=C(NCc1ccc(NC(=O)C(C)C)cc1)NC1CC1C. The van der Waals surface area contributed by atoms with Gasteiger partial charge >= 0.3 is 0 Å². The molecule has 1 aromatic rings. The highest BCUT2D eigenvalue weighted by Crippen LogP contribution is 2.28. The molecule has 5 nitrogen and oxygen atoms in total. The summed E-state index contributed by atoms with van der Waals surface area (Å²) >= 11 is 0. The molecule has 0 saturated heterocycles. The fourth-order valence-electron chi connectivity index (χ4n) is 2.07. The summed E-state index contributed by atoms with van der Waals surface area (Å²) in [5, 5.41) is 9.59. The molecule has 2 atom stereocenters. The molecule has 0 heterocycles. The Kier molecular flexibility index (Phi) is 5.41. The van der Waals surface area contributed by atoms with Crippen molar-refractivity contribution in [1.29, 1.82) is 0 Å². The van der Waals surface area contributed by atoms with Crippen LogP contribution >= 0.6 is 0 Å². The van der Waals surface area contributed by atoms with Crippen LogP contribution in [0.15, 0.2) is 29.3 Å². The Morgan fingerprint density at radius 1 is 1.32 bits per heavy atom. The molecule has 0 aromatic heterocycles. The number of nitrogens with one attached hydrogen (secondary N) is 3. The van der Waals surface area contributed by atoms with Crippen molar-refractivity contribution in [1.82, 2.24) is 10.6 Å². The summed E-state index contributed by atoms with van der Waals surface area (Å²) in [5.41, 5.74) is 1.98. The number of benzene rings is 1. The molecular formula is C17H26N4O. The molecule has 0 bridgehead atoms. The maximum absolute atomic E-state index is 11.6. The van der Waals surface area contributed by atoms with E-state index < -0.39 is 0 Å². The second kappa shape index (κ2) is 7.29. The maximum atomic E-state index is 11.6. The summed E-state index contributed by atoms with van der Waals surface area (Å²) < 4.78 is 0. The molecule has 0 spiro atoms. The number of anilines is 1. The first-order valence-corrected chi connectivity index (χ1v) is 7.86. The van der Waals surface area contributed by atoms with Gasteiger partial charge in [0.05, 0.1) is 0 Å². The lowest BCUT2D eigenvalue weighted by Gasteiger charge is -2.12. The average molecular weight is 302 g/mol. The van der Waals surface area contributed by atoms with Crippen molar-refractivity contribution < 1.29 is 4.79 Å². The van der Waals surface area contributed by atoms with Crippen molar-refractivity contribution in [2.75, 3.05) is 12.4 Å². The van der Waals surface area contributed by atoms with Crippen LogP contribution in [0, 0.1) is 11.8 Å². The molecule has 1 aliphatic rings. The number of hydrogen-bond donors (Lipinski definition) is 3. The number of carbonyl (C=O) groups excluding carboxylic acids is 1. The summed E-state index contributed by atoms with van der Waals surface area (Å²) in [6, 6.07) is 8.43. The maximum Gasteiger partial charge on any atom is 0.226 e. The highest BCUT2D eigenvalue weighted by molar-refractivity contribution is 5.92. The van der Waals surface area contributed by atoms with Crippen molar-refractivity contribution in [3.8, 4) is 0 Å². The van der Waals surface area contributed by atoms with Crippen LogP contribution in [0.4, 0.5) is 5.69 Å². The van der Waals surface area contributed by atoms with Crippen molar-refractivity contribution in [2.45, 2.75) is 39.8 Å². The first kappa shape index (κ1) is 16.3. The monoisotopic (exact) mass is 302 g/mol. The number of nitrogens with zero attached hydrogens (tertiary/aromatic N) is 1. The third-order valence-electron chi connectivity index (χ3n) is 3.86. The molecule has 1 fully saturated rings. The Bertz CT molecular complexity index is 536. The number of hydrogen-bond acceptors (Lipinski definition) is 2. The van der Waals surface area contributed by atoms with E-state index in [0.29, 0.717) is 12.6 Å². The Morgan fingerprint density at radius 2 is 1.95 bits per heavy atom. The smallest absolute Gasteiger partial charge is 0.226 e. The largest absolute Gasteiger partial charge is 0.353 e. The van der Waals surface area contributed by atoms with Gasteiger partial charge in [-0.05, 0) is 30.0 Å². The lowest BCUT2D eigenvalue weighted by Crippen LogP contribution is -2.38. The predicted molar refractivity (Wildman–Crippen MR) is 90.8 cm³/mol. The topological polar surface area (TPSA) is 65.5 Å². The summed E-state index contributed by atoms with van der Waals surface area (Å²) in [5.74, 6) is 1.60. The Balaban J connectivity index is 1.81. The molecule has 22 heavy (non-hydrogen) atoms. The number of aliphatic imine (C=N–C) groups is 1. The van der Waals surface area contributed by atoms with Crippen LogP contribution in [-0.4, -0.2) is 25.0 Å². The van der Waals surface area contributed by atoms with Gasteiger partial charge < -0.3 is 16.0 Å². The minimum absolute atomic E-state index is 0.0134. The van der Waals surface area contributed by atoms with Gasteiger partial charge in [-0.2, -0.15) is 0 Å². The minimum Gasteiger partial charge on any atom is -0.353 e. The van der Waals surface area contributed by atoms with Gasteiger partial charge in [0.1, 0.15) is 0 Å². The van der Waals surface area contributed by atoms with Crippen LogP contribution in [0.1, 0.15) is 32.8 Å². The summed E-state index contributed by atoms with van der Waals surface area (Å²) in [7, 11) is 1.78. The number of rotatable bonds is 5. The zero-order valence-corrected chi connectivity index (χ0v) is 13.8. The van der Waals surface area contributed by atoms with E-state index >= 15 is 0 Å². The van der Waals surface area contributed by atoms with E-state index in [0.717, 1.165) is 23.1 Å². The van der Waals surface area contributed by atoms with E-state index in [4.69, 9.17) is 0 Å². The van der Waals surface area contributed by atoms with Gasteiger partial charge in [-0.15, -0.1) is 0 Å². The lowest BCUT2D eigenvalue weighted by atomic mass is 10.1. The van der Waals surface area contributed by atoms with Gasteiger partial charge in [0, 0.05) is 31.2 Å². The minimum atomic E-state index is -0.0134. The molecule has 3 N–H and O–H groups in total. The average Bonchev–Trinajstić information content (AvgIpc) is 3.20. The standard InChI is InChI=1S/C17H26N4O/c1-11(2)16(22)20-14-7-5-13(6-8-14)10-19-17(18-4)21-15-9-12(15)3/h5-8,11-12,15H,9-10H2,1-4H3,(H,20,22)(H2,18,19,21). The Morgan fingerprint density at radius 3 is 2.45 bits per heavy atom. The zero-order chi connectivity index (χ0) is 16.1. The molecule has 1 saturated carbocycles. The molecule has 1 aromatic carbocycles. The van der Waals surface area contributed by atoms with E-state index in [1.807, 2.05) is 38.1 Å². The van der Waals surface area contributed by atoms with E-state index in [2.05, 4.69) is 27.9 Å². The van der Waals surface area contributed by atoms with E-state index in [9.17, 15) is 4.79 Å². The Labute approximate surface area is 132 Å². The summed E-state index contributed by atoms with van der Waals surface area (Å²) in [6.45, 7) is 6.70. The van der Waals surface area contributed by atoms with Crippen molar-refractivity contribution in [3.63, 3.8) is 0 Å². The zero-order valence-electron chi connectivity index (χ0n) is 13.8. The first-order chi connectivity index (χ1) is 10.5. The molecule has 2 unspecified atom stereocenters. The van der Waals surface area contributed by atoms with Crippen LogP contribution in [-0.2, 0) is 11.3 Å².